The average molecular weight is 663 g/mol. The summed E-state index contributed by atoms with van der Waals surface area (Å²) in [6.07, 6.45) is 8.74. The average Bonchev–Trinajstić information content (AvgIpc) is 3.01. The highest BCUT2D eigenvalue weighted by Crippen LogP contribution is 2.42. The van der Waals surface area contributed by atoms with Crippen molar-refractivity contribution in [3.63, 3.8) is 0 Å². The molecule has 13 heteroatoms. The Kier molecular flexibility index (Phi) is 10.1. The molecule has 6 rings (SSSR count). The molecule has 47 heavy (non-hydrogen) atoms. The van der Waals surface area contributed by atoms with Gasteiger partial charge < -0.3 is 26.0 Å². The number of hydrogen-bond donors (Lipinski definition) is 3. The van der Waals surface area contributed by atoms with Crippen LogP contribution in [0.25, 0.3) is 11.3 Å². The highest BCUT2D eigenvalue weighted by atomic mass is 35.5. The minimum absolute atomic E-state index is 0.199. The molecule has 1 amide bonds. The zero-order chi connectivity index (χ0) is 33.2. The third-order valence-electron chi connectivity index (χ3n) is 9.84. The van der Waals surface area contributed by atoms with Crippen LogP contribution in [0.4, 0.5) is 22.9 Å². The summed E-state index contributed by atoms with van der Waals surface area (Å²) in [4.78, 5) is 38.1. The van der Waals surface area contributed by atoms with Gasteiger partial charge in [-0.05, 0) is 64.7 Å². The van der Waals surface area contributed by atoms with Gasteiger partial charge in [-0.1, -0.05) is 18.0 Å². The molecule has 1 aliphatic carbocycles. The van der Waals surface area contributed by atoms with E-state index in [1.807, 2.05) is 0 Å². The molecule has 3 atom stereocenters. The molecule has 0 spiro atoms. The summed E-state index contributed by atoms with van der Waals surface area (Å²) in [5, 5.41) is 6.69. The summed E-state index contributed by atoms with van der Waals surface area (Å²) in [5.41, 5.74) is 12.5. The first-order chi connectivity index (χ1) is 22.6. The number of nitrogens with zero attached hydrogens (tertiary/aromatic N) is 7. The molecule has 4 heterocycles. The number of aromatic nitrogens is 4. The SMILES string of the molecule is Cc1cc(N2C[C@@H](C)N(C3CCC3)[C@@H](C)C2)c(Nc2ncnc(Cl)c2N)c(C)c1-c1cnc(C(=O)NCCN2CCO[C@@H](C)C2)cn1. The van der Waals surface area contributed by atoms with Crippen LogP contribution in [0.1, 0.15) is 61.6 Å². The molecule has 3 fully saturated rings. The van der Waals surface area contributed by atoms with E-state index >= 15 is 0 Å². The van der Waals surface area contributed by atoms with E-state index in [2.05, 4.69) is 81.0 Å². The lowest BCUT2D eigenvalue weighted by molar-refractivity contribution is -0.0175. The van der Waals surface area contributed by atoms with Gasteiger partial charge in [0.15, 0.2) is 11.0 Å². The Morgan fingerprint density at radius 2 is 1.83 bits per heavy atom. The second-order valence-corrected chi connectivity index (χ2v) is 13.7. The van der Waals surface area contributed by atoms with Crippen molar-refractivity contribution in [3.05, 3.63) is 46.8 Å². The van der Waals surface area contributed by atoms with Gasteiger partial charge in [0.05, 0.1) is 42.2 Å². The number of amides is 1. The molecule has 0 bridgehead atoms. The normalized spacial score (nSPS) is 22.6. The number of hydrogen-bond acceptors (Lipinski definition) is 11. The number of nitrogens with one attached hydrogen (secondary N) is 2. The maximum atomic E-state index is 12.9. The molecule has 1 aromatic carbocycles. The van der Waals surface area contributed by atoms with Crippen molar-refractivity contribution in [2.45, 2.75) is 78.1 Å². The number of carbonyl (C=O) groups is 1. The van der Waals surface area contributed by atoms with E-state index in [0.717, 1.165) is 60.8 Å². The molecule has 0 unspecified atom stereocenters. The second-order valence-electron chi connectivity index (χ2n) is 13.3. The van der Waals surface area contributed by atoms with E-state index in [-0.39, 0.29) is 28.5 Å². The number of nitrogens with two attached hydrogens (primary N) is 1. The van der Waals surface area contributed by atoms with E-state index in [1.165, 1.54) is 25.6 Å². The van der Waals surface area contributed by atoms with Crippen LogP contribution in [0, 0.1) is 13.8 Å². The third kappa shape index (κ3) is 7.15. The largest absolute Gasteiger partial charge is 0.393 e. The molecule has 2 aromatic heterocycles. The number of carbonyl (C=O) groups excluding carboxylic acids is 1. The van der Waals surface area contributed by atoms with Gasteiger partial charge in [0.1, 0.15) is 17.7 Å². The van der Waals surface area contributed by atoms with E-state index in [4.69, 9.17) is 27.1 Å². The van der Waals surface area contributed by atoms with E-state index in [9.17, 15) is 4.79 Å². The fourth-order valence-electron chi connectivity index (χ4n) is 7.38. The predicted molar refractivity (Wildman–Crippen MR) is 186 cm³/mol. The van der Waals surface area contributed by atoms with Gasteiger partial charge in [0, 0.05) is 63.0 Å². The zero-order valence-electron chi connectivity index (χ0n) is 28.1. The molecule has 3 aromatic rings. The Morgan fingerprint density at radius 3 is 2.49 bits per heavy atom. The summed E-state index contributed by atoms with van der Waals surface area (Å²) >= 11 is 6.29. The van der Waals surface area contributed by atoms with Crippen molar-refractivity contribution in [3.8, 4) is 11.3 Å². The van der Waals surface area contributed by atoms with Crippen LogP contribution in [-0.4, -0.2) is 106 Å². The molecule has 3 aliphatic rings. The number of ether oxygens (including phenoxy) is 1. The maximum Gasteiger partial charge on any atom is 0.271 e. The number of nitrogen functional groups attached to an aromatic ring is 1. The minimum Gasteiger partial charge on any atom is -0.393 e. The maximum absolute atomic E-state index is 12.9. The van der Waals surface area contributed by atoms with Gasteiger partial charge >= 0.3 is 0 Å². The van der Waals surface area contributed by atoms with Crippen molar-refractivity contribution >= 4 is 40.4 Å². The van der Waals surface area contributed by atoms with Crippen LogP contribution in [0.5, 0.6) is 0 Å². The molecule has 2 aliphatic heterocycles. The molecule has 0 radical (unpaired) electrons. The molecule has 12 nitrogen and oxygen atoms in total. The van der Waals surface area contributed by atoms with Gasteiger partial charge in [-0.2, -0.15) is 0 Å². The number of anilines is 4. The smallest absolute Gasteiger partial charge is 0.271 e. The van der Waals surface area contributed by atoms with Gasteiger partial charge in [0.2, 0.25) is 0 Å². The topological polar surface area (TPSA) is 138 Å². The second kappa shape index (κ2) is 14.3. The molecule has 1 saturated carbocycles. The van der Waals surface area contributed by atoms with Crippen LogP contribution < -0.4 is 21.3 Å². The van der Waals surface area contributed by atoms with Crippen molar-refractivity contribution in [1.29, 1.82) is 0 Å². The third-order valence-corrected chi connectivity index (χ3v) is 10.1. The van der Waals surface area contributed by atoms with Crippen molar-refractivity contribution in [1.82, 2.24) is 35.1 Å². The standard InChI is InChI=1S/C34H47ClN10O2/c1-20-13-28(44-16-21(2)45(22(3)17-44)25-7-6-8-25)31(42-33-30(36)32(35)40-19-41-33)24(5)29(20)26-14-39-27(15-38-26)34(46)37-9-10-43-11-12-47-23(4)18-43/h13-15,19,21-23,25H,6-12,16-18,36H2,1-5H3,(H,37,46)(H,40,41,42)/t21-,22+,23-/m0/s1. The Morgan fingerprint density at radius 1 is 1.06 bits per heavy atom. The van der Waals surface area contributed by atoms with Crippen LogP contribution in [-0.2, 0) is 4.74 Å². The molecule has 2 saturated heterocycles. The van der Waals surface area contributed by atoms with E-state index in [0.29, 0.717) is 42.8 Å². The zero-order valence-corrected chi connectivity index (χ0v) is 28.8. The number of benzene rings is 1. The first-order valence-corrected chi connectivity index (χ1v) is 17.1. The summed E-state index contributed by atoms with van der Waals surface area (Å²) < 4.78 is 5.61. The van der Waals surface area contributed by atoms with Gasteiger partial charge in [-0.15, -0.1) is 0 Å². The number of aryl methyl sites for hydroxylation is 1. The molecule has 4 N–H and O–H groups in total. The highest BCUT2D eigenvalue weighted by molar-refractivity contribution is 6.32. The lowest BCUT2D eigenvalue weighted by Gasteiger charge is -2.51. The molecular weight excluding hydrogens is 616 g/mol. The quantitative estimate of drug-likeness (QED) is 0.281. The van der Waals surface area contributed by atoms with Gasteiger partial charge in [0.25, 0.3) is 5.91 Å². The molecule has 252 valence electrons. The fraction of sp³-hybridized carbons (Fsp3) is 0.559. The first kappa shape index (κ1) is 33.3. The van der Waals surface area contributed by atoms with Crippen molar-refractivity contribution in [2.75, 3.05) is 61.8 Å². The van der Waals surface area contributed by atoms with Gasteiger partial charge in [-0.3, -0.25) is 19.6 Å². The Balaban J connectivity index is 1.26. The van der Waals surface area contributed by atoms with Gasteiger partial charge in [-0.25, -0.2) is 15.0 Å². The summed E-state index contributed by atoms with van der Waals surface area (Å²) in [6, 6.07) is 3.72. The van der Waals surface area contributed by atoms with Crippen molar-refractivity contribution in [2.24, 2.45) is 0 Å². The van der Waals surface area contributed by atoms with E-state index in [1.54, 1.807) is 12.4 Å². The lowest BCUT2D eigenvalue weighted by Crippen LogP contribution is -2.61. The summed E-state index contributed by atoms with van der Waals surface area (Å²) in [6.45, 7) is 16.5. The first-order valence-electron chi connectivity index (χ1n) is 16.7. The van der Waals surface area contributed by atoms with Crippen molar-refractivity contribution < 1.29 is 9.53 Å². The van der Waals surface area contributed by atoms with Crippen LogP contribution >= 0.6 is 11.6 Å². The minimum atomic E-state index is -0.239. The van der Waals surface area contributed by atoms with Crippen LogP contribution in [0.3, 0.4) is 0 Å². The lowest BCUT2D eigenvalue weighted by atomic mass is 9.88. The number of piperazine rings is 1. The summed E-state index contributed by atoms with van der Waals surface area (Å²) in [7, 11) is 0. The molecular formula is C34H47ClN10O2. The fourth-order valence-corrected chi connectivity index (χ4v) is 7.51. The number of morpholine rings is 1. The number of rotatable bonds is 9. The van der Waals surface area contributed by atoms with Crippen LogP contribution in [0.15, 0.2) is 24.8 Å². The number of halogens is 1. The Bertz CT molecular complexity index is 1570. The predicted octanol–water partition coefficient (Wildman–Crippen LogP) is 4.43. The van der Waals surface area contributed by atoms with Crippen LogP contribution in [0.2, 0.25) is 5.15 Å². The monoisotopic (exact) mass is 662 g/mol. The Hall–Kier alpha value is -3.58. The van der Waals surface area contributed by atoms with E-state index < -0.39 is 0 Å². The summed E-state index contributed by atoms with van der Waals surface area (Å²) in [5.74, 6) is 0.208. The Labute approximate surface area is 282 Å². The highest BCUT2D eigenvalue weighted by Gasteiger charge is 2.37.